The Morgan fingerprint density at radius 1 is 0.675 bits per heavy atom. The predicted octanol–water partition coefficient (Wildman–Crippen LogP) is 0.736. The SMILES string of the molecule is CC=C(C)C(=O)OC1C(OC(C)=O)C2(C(=O)O)CCC3(C)C(=CCC4C5(C)CCC(OC6OC(CO)C(O)C(OC7OC(C)C(O)C(O)C7O)C6OC6OC(CO)C(O)C(O)C6O)C(C)(CO)C5CCC43C)C2CC1(C)C. The van der Waals surface area contributed by atoms with E-state index in [1.807, 2.05) is 20.8 Å². The molecule has 0 spiro atoms. The molecule has 3 heterocycles. The topological polar surface area (TPSA) is 348 Å². The van der Waals surface area contributed by atoms with Gasteiger partial charge in [0.25, 0.3) is 0 Å². The van der Waals surface area contributed by atoms with Gasteiger partial charge in [0, 0.05) is 29.2 Å². The summed E-state index contributed by atoms with van der Waals surface area (Å²) < 4.78 is 49.4. The van der Waals surface area contributed by atoms with Crippen molar-refractivity contribution in [3.8, 4) is 0 Å². The molecule has 0 aromatic heterocycles. The summed E-state index contributed by atoms with van der Waals surface area (Å²) in [6.07, 6.45) is -20.7. The second-order valence-electron chi connectivity index (χ2n) is 25.3. The first kappa shape index (κ1) is 60.3. The van der Waals surface area contributed by atoms with Gasteiger partial charge in [-0.05, 0) is 100 Å². The lowest BCUT2D eigenvalue weighted by Crippen LogP contribution is -2.70. The zero-order chi connectivity index (χ0) is 56.9. The molecule has 0 aromatic carbocycles. The van der Waals surface area contributed by atoms with E-state index in [0.717, 1.165) is 5.57 Å². The van der Waals surface area contributed by atoms with Crippen molar-refractivity contribution in [2.24, 2.45) is 50.2 Å². The summed E-state index contributed by atoms with van der Waals surface area (Å²) in [4.78, 5) is 40.4. The maximum atomic E-state index is 14.1. The van der Waals surface area contributed by atoms with Crippen molar-refractivity contribution < 1.29 is 108 Å². The Morgan fingerprint density at radius 2 is 1.27 bits per heavy atom. The van der Waals surface area contributed by atoms with E-state index >= 15 is 0 Å². The van der Waals surface area contributed by atoms with Crippen LogP contribution in [0.3, 0.4) is 0 Å². The number of aliphatic hydroxyl groups excluding tert-OH is 10. The summed E-state index contributed by atoms with van der Waals surface area (Å²) in [6.45, 7) is 16.6. The summed E-state index contributed by atoms with van der Waals surface area (Å²) in [5.74, 6) is -3.20. The fourth-order valence-electron chi connectivity index (χ4n) is 16.1. The first-order valence-electron chi connectivity index (χ1n) is 27.4. The number of rotatable bonds is 13. The molecule has 0 amide bonds. The Balaban J connectivity index is 1.12. The van der Waals surface area contributed by atoms with E-state index in [9.17, 15) is 70.6 Å². The van der Waals surface area contributed by atoms with E-state index < -0.39 is 180 Å². The van der Waals surface area contributed by atoms with Gasteiger partial charge in [0.1, 0.15) is 78.7 Å². The van der Waals surface area contributed by atoms with Crippen LogP contribution in [-0.2, 0) is 52.3 Å². The third kappa shape index (κ3) is 9.66. The molecule has 3 aliphatic heterocycles. The average Bonchev–Trinajstić information content (AvgIpc) is 3.58. The second kappa shape index (κ2) is 21.9. The summed E-state index contributed by atoms with van der Waals surface area (Å²) in [7, 11) is 0. The van der Waals surface area contributed by atoms with E-state index in [-0.39, 0.29) is 24.9 Å². The summed E-state index contributed by atoms with van der Waals surface area (Å²) >= 11 is 0. The third-order valence-electron chi connectivity index (χ3n) is 20.9. The van der Waals surface area contributed by atoms with Crippen LogP contribution in [0.25, 0.3) is 0 Å². The van der Waals surface area contributed by atoms with Crippen molar-refractivity contribution in [2.75, 3.05) is 19.8 Å². The molecule has 0 aromatic rings. The number of carboxylic acids is 1. The van der Waals surface area contributed by atoms with Crippen LogP contribution in [0.4, 0.5) is 0 Å². The monoisotopic (exact) mass is 1100 g/mol. The Morgan fingerprint density at radius 3 is 1.87 bits per heavy atom. The molecule has 3 saturated heterocycles. The Labute approximate surface area is 449 Å². The second-order valence-corrected chi connectivity index (χ2v) is 25.3. The predicted molar refractivity (Wildman–Crippen MR) is 266 cm³/mol. The van der Waals surface area contributed by atoms with Gasteiger partial charge in [-0.15, -0.1) is 0 Å². The van der Waals surface area contributed by atoms with Crippen molar-refractivity contribution in [2.45, 2.75) is 231 Å². The quantitative estimate of drug-likeness (QED) is 0.0524. The molecular weight excluding hydrogens is 1010 g/mol. The molecule has 7 fully saturated rings. The number of aliphatic hydroxyl groups is 10. The van der Waals surface area contributed by atoms with Crippen molar-refractivity contribution >= 4 is 17.9 Å². The Bertz CT molecular complexity index is 2240. The van der Waals surface area contributed by atoms with Gasteiger partial charge in [0.05, 0.1) is 32.0 Å². The van der Waals surface area contributed by atoms with E-state index in [4.69, 9.17) is 37.9 Å². The highest BCUT2D eigenvalue weighted by atomic mass is 16.8. The number of hydrogen-bond donors (Lipinski definition) is 11. The minimum atomic E-state index is -1.95. The van der Waals surface area contributed by atoms with E-state index in [1.54, 1.807) is 19.9 Å². The van der Waals surface area contributed by atoms with Crippen LogP contribution in [0.2, 0.25) is 0 Å². The molecule has 22 heteroatoms. The van der Waals surface area contributed by atoms with Crippen LogP contribution >= 0.6 is 0 Å². The lowest BCUT2D eigenvalue weighted by Gasteiger charge is -2.71. The number of esters is 2. The maximum absolute atomic E-state index is 14.1. The van der Waals surface area contributed by atoms with Crippen molar-refractivity contribution in [3.63, 3.8) is 0 Å². The average molecular weight is 1100 g/mol. The van der Waals surface area contributed by atoms with Crippen molar-refractivity contribution in [1.29, 1.82) is 0 Å². The van der Waals surface area contributed by atoms with Gasteiger partial charge >= 0.3 is 17.9 Å². The minimum absolute atomic E-state index is 0.00288. The smallest absolute Gasteiger partial charge is 0.333 e. The van der Waals surface area contributed by atoms with Gasteiger partial charge in [0.2, 0.25) is 0 Å². The molecule has 438 valence electrons. The number of aliphatic carboxylic acids is 1. The molecule has 26 unspecified atom stereocenters. The largest absolute Gasteiger partial charge is 0.481 e. The normalized spacial score (nSPS) is 50.7. The fourth-order valence-corrected chi connectivity index (χ4v) is 16.1. The van der Waals surface area contributed by atoms with Crippen molar-refractivity contribution in [1.82, 2.24) is 0 Å². The first-order valence-corrected chi connectivity index (χ1v) is 27.4. The van der Waals surface area contributed by atoms with Crippen LogP contribution in [0, 0.1) is 50.2 Å². The molecule has 22 nitrogen and oxygen atoms in total. The van der Waals surface area contributed by atoms with E-state index in [1.165, 1.54) is 13.8 Å². The molecule has 77 heavy (non-hydrogen) atoms. The van der Waals surface area contributed by atoms with Gasteiger partial charge in [-0.25, -0.2) is 4.79 Å². The van der Waals surface area contributed by atoms with Gasteiger partial charge in [-0.2, -0.15) is 0 Å². The van der Waals surface area contributed by atoms with Crippen LogP contribution in [0.1, 0.15) is 121 Å². The van der Waals surface area contributed by atoms with E-state index in [0.29, 0.717) is 50.5 Å². The number of hydrogen-bond acceptors (Lipinski definition) is 21. The molecule has 0 bridgehead atoms. The van der Waals surface area contributed by atoms with Gasteiger partial charge in [0.15, 0.2) is 25.0 Å². The highest BCUT2D eigenvalue weighted by Crippen LogP contribution is 2.76. The zero-order valence-corrected chi connectivity index (χ0v) is 46.0. The molecule has 11 N–H and O–H groups in total. The Hall–Kier alpha value is -2.75. The van der Waals surface area contributed by atoms with Gasteiger partial charge in [-0.1, -0.05) is 59.3 Å². The maximum Gasteiger partial charge on any atom is 0.333 e. The molecule has 0 radical (unpaired) electrons. The van der Waals surface area contributed by atoms with Crippen molar-refractivity contribution in [3.05, 3.63) is 23.3 Å². The minimum Gasteiger partial charge on any atom is -0.481 e. The molecule has 8 aliphatic rings. The van der Waals surface area contributed by atoms with Crippen LogP contribution in [0.15, 0.2) is 23.3 Å². The first-order chi connectivity index (χ1) is 36.0. The fraction of sp³-hybridized carbons (Fsp3) is 0.873. The highest BCUT2D eigenvalue weighted by molar-refractivity contribution is 5.88. The summed E-state index contributed by atoms with van der Waals surface area (Å²) in [5, 5.41) is 120. The number of carbonyl (C=O) groups is 3. The van der Waals surface area contributed by atoms with Crippen LogP contribution < -0.4 is 0 Å². The van der Waals surface area contributed by atoms with Gasteiger partial charge in [-0.3, -0.25) is 9.59 Å². The lowest BCUT2D eigenvalue weighted by atomic mass is 9.33. The number of fused-ring (bicyclic) bond motifs is 7. The zero-order valence-electron chi connectivity index (χ0n) is 46.0. The van der Waals surface area contributed by atoms with Crippen LogP contribution in [-0.4, -0.2) is 204 Å². The number of ether oxygens (including phenoxy) is 8. The number of carbonyl (C=O) groups excluding carboxylic acids is 2. The molecule has 4 saturated carbocycles. The molecule has 8 rings (SSSR count). The molecule has 5 aliphatic carbocycles. The van der Waals surface area contributed by atoms with Gasteiger partial charge < -0.3 is 94.1 Å². The Kier molecular flexibility index (Phi) is 17.1. The summed E-state index contributed by atoms with van der Waals surface area (Å²) in [6, 6.07) is 0. The third-order valence-corrected chi connectivity index (χ3v) is 20.9. The number of allylic oxidation sites excluding steroid dienone is 3. The number of carboxylic acid groups (broad SMARTS) is 1. The highest BCUT2D eigenvalue weighted by Gasteiger charge is 2.74. The standard InChI is InChI=1S/C55H86O22/c1-11-24(2)45(67)77-43-44(71-26(4)59)55(49(68)69)19-18-53(9)27(28(55)20-50(43,5)6)12-13-32-51(7)16-15-33(52(8,23-58)31(51)14-17-54(32,53)10)74-48-42(76-47-40(66)38(64)35(61)29(21-56)72-47)41(36(62)30(22-57)73-48)75-46-39(65)37(63)34(60)25(3)70-46/h11-12,25,28-44,46-48,56-58,60-66H,13-23H2,1-10H3,(H,68,69). The summed E-state index contributed by atoms with van der Waals surface area (Å²) in [5.41, 5.74) is -3.54. The van der Waals surface area contributed by atoms with E-state index in [2.05, 4.69) is 26.8 Å². The molecule has 26 atom stereocenters. The van der Waals surface area contributed by atoms with Crippen LogP contribution in [0.5, 0.6) is 0 Å². The lowest BCUT2D eigenvalue weighted by molar-refractivity contribution is -0.399. The molecular formula is C55H86O22.